The number of amides is 3. The first kappa shape index (κ1) is 23.4. The van der Waals surface area contributed by atoms with E-state index in [9.17, 15) is 14.4 Å². The molecule has 0 aliphatic carbocycles. The maximum absolute atomic E-state index is 13.2. The Morgan fingerprint density at radius 1 is 1.03 bits per heavy atom. The first-order chi connectivity index (χ1) is 17.0. The van der Waals surface area contributed by atoms with Crippen LogP contribution in [0, 0.1) is 0 Å². The lowest BCUT2D eigenvalue weighted by Gasteiger charge is -2.34. The fourth-order valence-electron chi connectivity index (χ4n) is 4.59. The van der Waals surface area contributed by atoms with Crippen molar-refractivity contribution in [1.82, 2.24) is 14.8 Å². The quantitative estimate of drug-likeness (QED) is 0.371. The molecule has 2 aliphatic heterocycles. The minimum atomic E-state index is -0.345. The van der Waals surface area contributed by atoms with Crippen molar-refractivity contribution in [2.45, 2.75) is 19.8 Å². The molecule has 0 bridgehead atoms. The highest BCUT2D eigenvalue weighted by Crippen LogP contribution is 2.31. The van der Waals surface area contributed by atoms with Crippen molar-refractivity contribution in [1.29, 1.82) is 0 Å². The van der Waals surface area contributed by atoms with Crippen molar-refractivity contribution in [3.8, 4) is 0 Å². The largest absolute Gasteiger partial charge is 0.385 e. The summed E-state index contributed by atoms with van der Waals surface area (Å²) in [4.78, 5) is 48.7. The van der Waals surface area contributed by atoms with E-state index in [-0.39, 0.29) is 17.7 Å². The number of aromatic nitrogens is 1. The smallest absolute Gasteiger partial charge is 0.261 e. The number of methoxy groups -OCH3 is 1. The second-order valence-corrected chi connectivity index (χ2v) is 9.81. The van der Waals surface area contributed by atoms with E-state index in [0.29, 0.717) is 62.4 Å². The maximum Gasteiger partial charge on any atom is 0.261 e. The number of hydrogen-bond acceptors (Lipinski definition) is 7. The predicted molar refractivity (Wildman–Crippen MR) is 135 cm³/mol. The van der Waals surface area contributed by atoms with E-state index in [1.165, 1.54) is 15.2 Å². The van der Waals surface area contributed by atoms with Gasteiger partial charge in [-0.25, -0.2) is 4.98 Å². The van der Waals surface area contributed by atoms with Crippen molar-refractivity contribution in [3.63, 3.8) is 0 Å². The number of rotatable bonds is 7. The Hall–Kier alpha value is -3.30. The summed E-state index contributed by atoms with van der Waals surface area (Å²) in [6.07, 6.45) is 1.57. The molecule has 3 heterocycles. The topological polar surface area (TPSA) is 83.1 Å². The van der Waals surface area contributed by atoms with Crippen LogP contribution in [0.2, 0.25) is 0 Å². The van der Waals surface area contributed by atoms with Crippen LogP contribution in [0.1, 0.15) is 50.0 Å². The van der Waals surface area contributed by atoms with Gasteiger partial charge in [-0.15, -0.1) is 0 Å². The molecule has 0 N–H and O–H groups in total. The van der Waals surface area contributed by atoms with Crippen LogP contribution >= 0.6 is 11.3 Å². The van der Waals surface area contributed by atoms with Gasteiger partial charge in [0, 0.05) is 52.0 Å². The first-order valence-corrected chi connectivity index (χ1v) is 12.7. The molecule has 1 fully saturated rings. The molecule has 9 heteroatoms. The fraction of sp³-hybridized carbons (Fsp3) is 0.385. The summed E-state index contributed by atoms with van der Waals surface area (Å²) in [6.45, 7) is 5.46. The molecule has 1 aromatic heterocycles. The predicted octanol–water partition coefficient (Wildman–Crippen LogP) is 3.45. The second kappa shape index (κ2) is 9.75. The minimum Gasteiger partial charge on any atom is -0.385 e. The molecule has 0 spiro atoms. The number of nitrogens with zero attached hydrogens (tertiary/aromatic N) is 4. The molecular weight excluding hydrogens is 464 g/mol. The lowest BCUT2D eigenvalue weighted by molar-refractivity contribution is 0.0638. The number of aryl methyl sites for hydroxylation is 1. The van der Waals surface area contributed by atoms with Crippen LogP contribution in [-0.2, 0) is 11.2 Å². The van der Waals surface area contributed by atoms with E-state index in [4.69, 9.17) is 9.72 Å². The number of carbonyl (C=O) groups excluding carboxylic acids is 3. The number of benzene rings is 2. The van der Waals surface area contributed by atoms with Crippen molar-refractivity contribution in [3.05, 3.63) is 58.7 Å². The normalized spacial score (nSPS) is 15.9. The number of piperazine rings is 1. The molecular formula is C26H28N4O4S. The van der Waals surface area contributed by atoms with Gasteiger partial charge in [-0.2, -0.15) is 0 Å². The molecule has 0 radical (unpaired) electrons. The number of ether oxygens (including phenoxy) is 1. The number of fused-ring (bicyclic) bond motifs is 2. The SMILES string of the molecule is CCc1ccc2nc(N3CCN(C(=O)c4ccc5c(c4)C(=O)N(CCCOC)C5=O)CC3)sc2c1. The zero-order chi connectivity index (χ0) is 24.5. The Bertz CT molecular complexity index is 1300. The van der Waals surface area contributed by atoms with Crippen molar-refractivity contribution < 1.29 is 19.1 Å². The van der Waals surface area contributed by atoms with Crippen molar-refractivity contribution >= 4 is 44.4 Å². The number of anilines is 1. The molecule has 0 saturated carbocycles. The molecule has 2 aliphatic rings. The lowest BCUT2D eigenvalue weighted by Crippen LogP contribution is -2.48. The van der Waals surface area contributed by atoms with Crippen LogP contribution in [-0.4, -0.2) is 78.9 Å². The Kier molecular flexibility index (Phi) is 6.53. The number of thiazole rings is 1. The Morgan fingerprint density at radius 3 is 2.54 bits per heavy atom. The number of imide groups is 1. The molecule has 3 amide bonds. The summed E-state index contributed by atoms with van der Waals surface area (Å²) in [5.74, 6) is -0.777. The highest BCUT2D eigenvalue weighted by molar-refractivity contribution is 7.22. The third-order valence-corrected chi connectivity index (χ3v) is 7.71. The highest BCUT2D eigenvalue weighted by Gasteiger charge is 2.36. The molecule has 0 atom stereocenters. The van der Waals surface area contributed by atoms with Crippen LogP contribution < -0.4 is 4.90 Å². The van der Waals surface area contributed by atoms with Gasteiger partial charge in [0.1, 0.15) is 0 Å². The third-order valence-electron chi connectivity index (χ3n) is 6.64. The Labute approximate surface area is 208 Å². The van der Waals surface area contributed by atoms with Gasteiger partial charge in [-0.05, 0) is 48.7 Å². The van der Waals surface area contributed by atoms with Gasteiger partial charge in [0.15, 0.2) is 5.13 Å². The van der Waals surface area contributed by atoms with Crippen LogP contribution in [0.5, 0.6) is 0 Å². The summed E-state index contributed by atoms with van der Waals surface area (Å²) >= 11 is 1.69. The van der Waals surface area contributed by atoms with Crippen molar-refractivity contribution in [2.75, 3.05) is 51.3 Å². The van der Waals surface area contributed by atoms with Gasteiger partial charge in [-0.3, -0.25) is 19.3 Å². The van der Waals surface area contributed by atoms with E-state index in [1.54, 1.807) is 41.5 Å². The lowest BCUT2D eigenvalue weighted by atomic mass is 10.0. The standard InChI is InChI=1S/C26H28N4O4S/c1-3-17-5-8-21-22(15-17)35-26(27-21)29-12-10-28(11-13-29)23(31)18-6-7-19-20(16-18)25(33)30(24(19)32)9-4-14-34-2/h5-8,15-16H,3-4,9-14H2,1-2H3. The van der Waals surface area contributed by atoms with Crippen LogP contribution in [0.25, 0.3) is 10.2 Å². The van der Waals surface area contributed by atoms with E-state index < -0.39 is 0 Å². The first-order valence-electron chi connectivity index (χ1n) is 11.9. The molecule has 5 rings (SSSR count). The Balaban J connectivity index is 1.25. The van der Waals surface area contributed by atoms with Gasteiger partial charge in [0.2, 0.25) is 0 Å². The summed E-state index contributed by atoms with van der Waals surface area (Å²) in [7, 11) is 1.58. The summed E-state index contributed by atoms with van der Waals surface area (Å²) < 4.78 is 6.21. The zero-order valence-electron chi connectivity index (χ0n) is 20.0. The van der Waals surface area contributed by atoms with Gasteiger partial charge < -0.3 is 14.5 Å². The average Bonchev–Trinajstić information content (AvgIpc) is 3.42. The average molecular weight is 493 g/mol. The molecule has 3 aromatic rings. The van der Waals surface area contributed by atoms with Crippen LogP contribution in [0.3, 0.4) is 0 Å². The van der Waals surface area contributed by atoms with Crippen LogP contribution in [0.4, 0.5) is 5.13 Å². The molecule has 0 unspecified atom stereocenters. The van der Waals surface area contributed by atoms with Gasteiger partial charge in [0.25, 0.3) is 17.7 Å². The van der Waals surface area contributed by atoms with Gasteiger partial charge in [0.05, 0.1) is 21.3 Å². The monoisotopic (exact) mass is 492 g/mol. The van der Waals surface area contributed by atoms with E-state index in [1.807, 2.05) is 0 Å². The van der Waals surface area contributed by atoms with E-state index in [2.05, 4.69) is 30.0 Å². The minimum absolute atomic E-state index is 0.123. The molecule has 2 aromatic carbocycles. The summed E-state index contributed by atoms with van der Waals surface area (Å²) in [5, 5.41) is 0.982. The number of hydrogen-bond donors (Lipinski definition) is 0. The summed E-state index contributed by atoms with van der Waals surface area (Å²) in [5.41, 5.74) is 3.41. The van der Waals surface area contributed by atoms with Gasteiger partial charge >= 0.3 is 0 Å². The summed E-state index contributed by atoms with van der Waals surface area (Å²) in [6, 6.07) is 11.2. The molecule has 35 heavy (non-hydrogen) atoms. The number of carbonyl (C=O) groups is 3. The fourth-order valence-corrected chi connectivity index (χ4v) is 5.67. The molecule has 182 valence electrons. The highest BCUT2D eigenvalue weighted by atomic mass is 32.1. The molecule has 8 nitrogen and oxygen atoms in total. The zero-order valence-corrected chi connectivity index (χ0v) is 20.8. The Morgan fingerprint density at radius 2 is 1.80 bits per heavy atom. The van der Waals surface area contributed by atoms with Gasteiger partial charge in [-0.1, -0.05) is 24.3 Å². The van der Waals surface area contributed by atoms with E-state index in [0.717, 1.165) is 17.1 Å². The third kappa shape index (κ3) is 4.41. The maximum atomic E-state index is 13.2. The van der Waals surface area contributed by atoms with E-state index >= 15 is 0 Å². The van der Waals surface area contributed by atoms with Crippen LogP contribution in [0.15, 0.2) is 36.4 Å². The van der Waals surface area contributed by atoms with Crippen molar-refractivity contribution in [2.24, 2.45) is 0 Å². The second-order valence-electron chi connectivity index (χ2n) is 8.80. The molecule has 1 saturated heterocycles.